The fourth-order valence-corrected chi connectivity index (χ4v) is 1.67. The lowest BCUT2D eigenvalue weighted by molar-refractivity contribution is 0.151. The van der Waals surface area contributed by atoms with Crippen LogP contribution in [0.5, 0.6) is 0 Å². The molecule has 0 saturated carbocycles. The van der Waals surface area contributed by atoms with E-state index in [-0.39, 0.29) is 10.8 Å². The van der Waals surface area contributed by atoms with Gasteiger partial charge >= 0.3 is 0 Å². The van der Waals surface area contributed by atoms with Crippen molar-refractivity contribution in [2.45, 2.75) is 25.1 Å². The van der Waals surface area contributed by atoms with E-state index in [0.29, 0.717) is 13.1 Å². The number of hydrogen-bond acceptors (Lipinski definition) is 2. The molecular weight excluding hydrogens is 244 g/mol. The minimum atomic E-state index is -2.42. The Morgan fingerprint density at radius 3 is 2.35 bits per heavy atom. The summed E-state index contributed by atoms with van der Waals surface area (Å²) in [6, 6.07) is 6.23. The Hall–Kier alpha value is -0.810. The van der Waals surface area contributed by atoms with Gasteiger partial charge in [0.15, 0.2) is 0 Å². The predicted molar refractivity (Wildman–Crippen MR) is 66.6 cm³/mol. The van der Waals surface area contributed by atoms with E-state index in [1.54, 1.807) is 18.4 Å². The summed E-state index contributed by atoms with van der Waals surface area (Å²) in [6.45, 7) is 3.16. The van der Waals surface area contributed by atoms with Crippen molar-refractivity contribution in [3.8, 4) is 0 Å². The van der Waals surface area contributed by atoms with Gasteiger partial charge in [-0.05, 0) is 12.5 Å². The van der Waals surface area contributed by atoms with Crippen LogP contribution in [-0.2, 0) is 17.3 Å². The number of alkyl halides is 2. The molecule has 0 heterocycles. The van der Waals surface area contributed by atoms with Crippen molar-refractivity contribution in [1.29, 1.82) is 0 Å². The molecule has 0 amide bonds. The van der Waals surface area contributed by atoms with Crippen LogP contribution in [0.2, 0.25) is 0 Å². The highest BCUT2D eigenvalue weighted by atomic mass is 32.2. The second-order valence-electron chi connectivity index (χ2n) is 3.98. The van der Waals surface area contributed by atoms with Gasteiger partial charge in [-0.2, -0.15) is 0 Å². The number of benzene rings is 1. The van der Waals surface area contributed by atoms with Gasteiger partial charge in [0.25, 0.3) is 6.43 Å². The summed E-state index contributed by atoms with van der Waals surface area (Å²) in [5.74, 6) is 0. The first kappa shape index (κ1) is 14.3. The molecule has 96 valence electrons. The van der Waals surface area contributed by atoms with Crippen molar-refractivity contribution >= 4 is 10.8 Å². The highest BCUT2D eigenvalue weighted by molar-refractivity contribution is 7.84. The summed E-state index contributed by atoms with van der Waals surface area (Å²) in [4.78, 5) is 0. The minimum absolute atomic E-state index is 0.0387. The van der Waals surface area contributed by atoms with E-state index >= 15 is 0 Å². The molecule has 0 spiro atoms. The molecule has 2 nitrogen and oxygen atoms in total. The predicted octanol–water partition coefficient (Wildman–Crippen LogP) is 2.48. The maximum Gasteiger partial charge on any atom is 0.263 e. The van der Waals surface area contributed by atoms with Gasteiger partial charge in [0.1, 0.15) is 0 Å². The van der Waals surface area contributed by atoms with Crippen LogP contribution in [-0.4, -0.2) is 22.3 Å². The lowest BCUT2D eigenvalue weighted by Crippen LogP contribution is -2.27. The van der Waals surface area contributed by atoms with Crippen LogP contribution in [0.1, 0.15) is 24.5 Å². The van der Waals surface area contributed by atoms with E-state index in [4.69, 9.17) is 0 Å². The van der Waals surface area contributed by atoms with Crippen LogP contribution in [0, 0.1) is 0 Å². The van der Waals surface area contributed by atoms with E-state index in [9.17, 15) is 13.0 Å². The fourth-order valence-electron chi connectivity index (χ4n) is 1.32. The molecule has 2 unspecified atom stereocenters. The van der Waals surface area contributed by atoms with Gasteiger partial charge in [-0.1, -0.05) is 24.3 Å². The molecule has 17 heavy (non-hydrogen) atoms. The lowest BCUT2D eigenvalue weighted by Gasteiger charge is -2.10. The summed E-state index contributed by atoms with van der Waals surface area (Å²) in [7, 11) is -0.840. The summed E-state index contributed by atoms with van der Waals surface area (Å²) >= 11 is 0. The SMILES string of the molecule is CC(CNCc1ccc(C(F)F)cc1)S(C)=O. The van der Waals surface area contributed by atoms with Crippen LogP contribution in [0.15, 0.2) is 24.3 Å². The Bertz CT molecular complexity index is 367. The molecule has 1 aromatic carbocycles. The number of hydrogen-bond donors (Lipinski definition) is 1. The molecule has 5 heteroatoms. The van der Waals surface area contributed by atoms with Crippen molar-refractivity contribution in [2.24, 2.45) is 0 Å². The first-order chi connectivity index (χ1) is 8.00. The lowest BCUT2D eigenvalue weighted by atomic mass is 10.1. The molecule has 2 atom stereocenters. The van der Waals surface area contributed by atoms with Crippen LogP contribution in [0.3, 0.4) is 0 Å². The van der Waals surface area contributed by atoms with Crippen molar-refractivity contribution < 1.29 is 13.0 Å². The van der Waals surface area contributed by atoms with E-state index in [1.807, 2.05) is 6.92 Å². The Balaban J connectivity index is 2.40. The first-order valence-corrected chi connectivity index (χ1v) is 7.02. The van der Waals surface area contributed by atoms with E-state index in [2.05, 4.69) is 5.32 Å². The fraction of sp³-hybridized carbons (Fsp3) is 0.500. The van der Waals surface area contributed by atoms with Crippen LogP contribution < -0.4 is 5.32 Å². The molecule has 0 aliphatic carbocycles. The number of halogens is 2. The summed E-state index contributed by atoms with van der Waals surface area (Å²) in [5, 5.41) is 3.24. The van der Waals surface area contributed by atoms with Gasteiger partial charge in [0.05, 0.1) is 0 Å². The Morgan fingerprint density at radius 2 is 1.88 bits per heavy atom. The second kappa shape index (κ2) is 6.81. The normalized spacial score (nSPS) is 14.9. The molecule has 0 aliphatic rings. The molecule has 1 aromatic rings. The quantitative estimate of drug-likeness (QED) is 0.852. The van der Waals surface area contributed by atoms with E-state index in [0.717, 1.165) is 5.56 Å². The van der Waals surface area contributed by atoms with Gasteiger partial charge in [-0.25, -0.2) is 8.78 Å². The largest absolute Gasteiger partial charge is 0.311 e. The highest BCUT2D eigenvalue weighted by Crippen LogP contribution is 2.18. The first-order valence-electron chi connectivity index (χ1n) is 5.40. The molecule has 0 radical (unpaired) electrons. The maximum absolute atomic E-state index is 12.3. The van der Waals surface area contributed by atoms with E-state index in [1.165, 1.54) is 12.1 Å². The third kappa shape index (κ3) is 4.91. The standard InChI is InChI=1S/C12H17F2NOS/c1-9(17(2)16)7-15-8-10-3-5-11(6-4-10)12(13)14/h3-6,9,12,15H,7-8H2,1-2H3. The summed E-state index contributed by atoms with van der Waals surface area (Å²) in [6.07, 6.45) is -0.747. The van der Waals surface area contributed by atoms with Gasteiger partial charge in [0, 0.05) is 41.0 Å². The topological polar surface area (TPSA) is 29.1 Å². The molecule has 1 rings (SSSR count). The second-order valence-corrected chi connectivity index (χ2v) is 5.78. The molecule has 0 aliphatic heterocycles. The Labute approximate surface area is 103 Å². The molecular formula is C12H17F2NOS. The minimum Gasteiger partial charge on any atom is -0.311 e. The molecule has 0 aromatic heterocycles. The smallest absolute Gasteiger partial charge is 0.263 e. The van der Waals surface area contributed by atoms with Crippen LogP contribution in [0.25, 0.3) is 0 Å². The Kier molecular flexibility index (Phi) is 5.71. The van der Waals surface area contributed by atoms with Crippen molar-refractivity contribution in [2.75, 3.05) is 12.8 Å². The van der Waals surface area contributed by atoms with Crippen molar-refractivity contribution in [3.63, 3.8) is 0 Å². The number of rotatable bonds is 6. The molecule has 1 N–H and O–H groups in total. The summed E-state index contributed by atoms with van der Waals surface area (Å²) < 4.78 is 35.7. The van der Waals surface area contributed by atoms with Crippen LogP contribution in [0.4, 0.5) is 8.78 Å². The average Bonchev–Trinajstić information content (AvgIpc) is 2.29. The van der Waals surface area contributed by atoms with Gasteiger partial charge < -0.3 is 5.32 Å². The van der Waals surface area contributed by atoms with E-state index < -0.39 is 17.2 Å². The zero-order valence-corrected chi connectivity index (χ0v) is 10.8. The molecule has 0 saturated heterocycles. The Morgan fingerprint density at radius 1 is 1.29 bits per heavy atom. The van der Waals surface area contributed by atoms with Crippen molar-refractivity contribution in [3.05, 3.63) is 35.4 Å². The highest BCUT2D eigenvalue weighted by Gasteiger charge is 2.07. The average molecular weight is 261 g/mol. The van der Waals surface area contributed by atoms with Gasteiger partial charge in [0.2, 0.25) is 0 Å². The van der Waals surface area contributed by atoms with Gasteiger partial charge in [-0.3, -0.25) is 4.21 Å². The molecule has 0 bridgehead atoms. The summed E-state index contributed by atoms with van der Waals surface area (Å²) in [5.41, 5.74) is 0.986. The zero-order chi connectivity index (χ0) is 12.8. The zero-order valence-electron chi connectivity index (χ0n) is 9.95. The maximum atomic E-state index is 12.3. The van der Waals surface area contributed by atoms with Gasteiger partial charge in [-0.15, -0.1) is 0 Å². The third-order valence-electron chi connectivity index (χ3n) is 2.56. The number of nitrogens with one attached hydrogen (secondary N) is 1. The third-order valence-corrected chi connectivity index (χ3v) is 3.86. The van der Waals surface area contributed by atoms with Crippen molar-refractivity contribution in [1.82, 2.24) is 5.32 Å². The van der Waals surface area contributed by atoms with Crippen LogP contribution >= 0.6 is 0 Å². The molecule has 0 fully saturated rings. The monoisotopic (exact) mass is 261 g/mol.